The van der Waals surface area contributed by atoms with E-state index in [4.69, 9.17) is 14.9 Å². The Labute approximate surface area is 116 Å². The van der Waals surface area contributed by atoms with Crippen LogP contribution in [0.1, 0.15) is 58.3 Å². The molecule has 112 valence electrons. The topological polar surface area (TPSA) is 66.8 Å². The third-order valence-electron chi connectivity index (χ3n) is 2.80. The maximum Gasteiger partial charge on any atom is 0.305 e. The van der Waals surface area contributed by atoms with Gasteiger partial charge in [0.1, 0.15) is 12.7 Å². The Hall–Kier alpha value is -0.870. The van der Waals surface area contributed by atoms with Gasteiger partial charge in [-0.15, -0.1) is 0 Å². The number of hydrogen-bond acceptors (Lipinski definition) is 4. The molecule has 19 heavy (non-hydrogen) atoms. The van der Waals surface area contributed by atoms with E-state index in [0.717, 1.165) is 32.1 Å². The summed E-state index contributed by atoms with van der Waals surface area (Å²) in [5.74, 6) is -0.293. The van der Waals surface area contributed by atoms with Crippen molar-refractivity contribution in [2.24, 2.45) is 0 Å². The number of carbonyl (C=O) groups excluding carboxylic acids is 1. The Morgan fingerprint density at radius 2 is 1.84 bits per heavy atom. The van der Waals surface area contributed by atoms with Crippen molar-refractivity contribution in [2.75, 3.05) is 13.2 Å². The number of hydrogen-bond donors (Lipinski definition) is 2. The average Bonchev–Trinajstić information content (AvgIpc) is 2.42. The second-order valence-electron chi connectivity index (χ2n) is 4.71. The van der Waals surface area contributed by atoms with Crippen LogP contribution in [-0.2, 0) is 9.53 Å². The fourth-order valence-corrected chi connectivity index (χ4v) is 1.66. The fraction of sp³-hybridized carbons (Fsp3) is 0.800. The van der Waals surface area contributed by atoms with Crippen molar-refractivity contribution in [3.63, 3.8) is 0 Å². The van der Waals surface area contributed by atoms with Gasteiger partial charge in [-0.05, 0) is 25.7 Å². The van der Waals surface area contributed by atoms with Crippen LogP contribution in [0.5, 0.6) is 0 Å². The van der Waals surface area contributed by atoms with E-state index in [0.29, 0.717) is 6.42 Å². The zero-order valence-corrected chi connectivity index (χ0v) is 12.0. The first-order valence-corrected chi connectivity index (χ1v) is 7.30. The van der Waals surface area contributed by atoms with Crippen LogP contribution >= 0.6 is 0 Å². The van der Waals surface area contributed by atoms with Crippen LogP contribution in [0.3, 0.4) is 0 Å². The van der Waals surface area contributed by atoms with Crippen LogP contribution in [0.4, 0.5) is 0 Å². The van der Waals surface area contributed by atoms with Gasteiger partial charge < -0.3 is 14.9 Å². The molecular formula is C15H28O4. The predicted molar refractivity (Wildman–Crippen MR) is 75.8 cm³/mol. The molecule has 0 saturated heterocycles. The van der Waals surface area contributed by atoms with Gasteiger partial charge in [-0.3, -0.25) is 4.79 Å². The first-order chi connectivity index (χ1) is 9.20. The monoisotopic (exact) mass is 272 g/mol. The molecule has 0 aromatic rings. The zero-order valence-electron chi connectivity index (χ0n) is 12.0. The third-order valence-corrected chi connectivity index (χ3v) is 2.80. The van der Waals surface area contributed by atoms with Gasteiger partial charge in [0.05, 0.1) is 6.61 Å². The van der Waals surface area contributed by atoms with Crippen molar-refractivity contribution in [3.05, 3.63) is 12.2 Å². The molecule has 0 aliphatic heterocycles. The molecule has 0 aliphatic carbocycles. The molecule has 2 N–H and O–H groups in total. The van der Waals surface area contributed by atoms with Gasteiger partial charge >= 0.3 is 5.97 Å². The van der Waals surface area contributed by atoms with Crippen LogP contribution in [-0.4, -0.2) is 35.5 Å². The number of carbonyl (C=O) groups is 1. The quantitative estimate of drug-likeness (QED) is 0.325. The van der Waals surface area contributed by atoms with Crippen molar-refractivity contribution < 1.29 is 19.7 Å². The summed E-state index contributed by atoms with van der Waals surface area (Å²) in [6.45, 7) is 1.65. The number of ether oxygens (including phenoxy) is 1. The van der Waals surface area contributed by atoms with Crippen LogP contribution in [0, 0.1) is 0 Å². The molecule has 0 rings (SSSR count). The zero-order chi connectivity index (χ0) is 14.3. The van der Waals surface area contributed by atoms with Crippen molar-refractivity contribution >= 4 is 5.97 Å². The molecule has 0 fully saturated rings. The van der Waals surface area contributed by atoms with Gasteiger partial charge in [0.2, 0.25) is 0 Å². The maximum atomic E-state index is 11.2. The fourth-order valence-electron chi connectivity index (χ4n) is 1.66. The molecule has 4 nitrogen and oxygen atoms in total. The van der Waals surface area contributed by atoms with Gasteiger partial charge in [-0.2, -0.15) is 0 Å². The summed E-state index contributed by atoms with van der Waals surface area (Å²) < 4.78 is 4.81. The number of rotatable bonds is 12. The molecule has 0 aromatic carbocycles. The standard InChI is InChI=1S/C15H28O4/c1-2-3-4-5-6-7-8-9-10-11-15(18)19-13-14(17)12-16/h3-4,14,16-17H,2,5-13H2,1H3/b4-3+/t14-/m1/s1. The Kier molecular flexibility index (Phi) is 12.9. The van der Waals surface area contributed by atoms with Gasteiger partial charge in [0.25, 0.3) is 0 Å². The number of aliphatic hydroxyl groups excluding tert-OH is 2. The van der Waals surface area contributed by atoms with E-state index in [1.807, 2.05) is 0 Å². The Balaban J connectivity index is 3.25. The lowest BCUT2D eigenvalue weighted by Gasteiger charge is -2.08. The summed E-state index contributed by atoms with van der Waals surface area (Å²) in [7, 11) is 0. The number of allylic oxidation sites excluding steroid dienone is 2. The largest absolute Gasteiger partial charge is 0.463 e. The van der Waals surface area contributed by atoms with Crippen LogP contribution in [0.15, 0.2) is 12.2 Å². The summed E-state index contributed by atoms with van der Waals surface area (Å²) in [5, 5.41) is 17.6. The predicted octanol–water partition coefficient (Wildman–Crippen LogP) is 2.58. The first kappa shape index (κ1) is 18.1. The third kappa shape index (κ3) is 13.4. The molecule has 0 spiro atoms. The van der Waals surface area contributed by atoms with Gasteiger partial charge in [0.15, 0.2) is 0 Å². The molecule has 0 radical (unpaired) electrons. The highest BCUT2D eigenvalue weighted by Crippen LogP contribution is 2.08. The first-order valence-electron chi connectivity index (χ1n) is 7.30. The molecule has 0 heterocycles. The average molecular weight is 272 g/mol. The maximum absolute atomic E-state index is 11.2. The molecular weight excluding hydrogens is 244 g/mol. The molecule has 4 heteroatoms. The van der Waals surface area contributed by atoms with Crippen LogP contribution < -0.4 is 0 Å². The highest BCUT2D eigenvalue weighted by atomic mass is 16.5. The van der Waals surface area contributed by atoms with E-state index in [-0.39, 0.29) is 19.2 Å². The Bertz CT molecular complexity index is 238. The van der Waals surface area contributed by atoms with Crippen molar-refractivity contribution in [1.29, 1.82) is 0 Å². The molecule has 0 saturated carbocycles. The van der Waals surface area contributed by atoms with Crippen molar-refractivity contribution in [2.45, 2.75) is 64.4 Å². The number of unbranched alkanes of at least 4 members (excludes halogenated alkanes) is 5. The SMILES string of the molecule is CC/C=C/CCCCCCCC(=O)OC[C@H](O)CO. The minimum absolute atomic E-state index is 0.112. The van der Waals surface area contributed by atoms with Gasteiger partial charge in [-0.1, -0.05) is 38.3 Å². The molecule has 0 unspecified atom stereocenters. The lowest BCUT2D eigenvalue weighted by molar-refractivity contribution is -0.147. The van der Waals surface area contributed by atoms with Crippen LogP contribution in [0.25, 0.3) is 0 Å². The lowest BCUT2D eigenvalue weighted by atomic mass is 10.1. The normalized spacial score (nSPS) is 12.8. The lowest BCUT2D eigenvalue weighted by Crippen LogP contribution is -2.21. The number of aliphatic hydroxyl groups is 2. The molecule has 0 amide bonds. The van der Waals surface area contributed by atoms with E-state index < -0.39 is 6.10 Å². The summed E-state index contributed by atoms with van der Waals surface area (Å²) >= 11 is 0. The van der Waals surface area contributed by atoms with E-state index in [2.05, 4.69) is 19.1 Å². The Morgan fingerprint density at radius 3 is 2.53 bits per heavy atom. The van der Waals surface area contributed by atoms with E-state index in [1.165, 1.54) is 12.8 Å². The smallest absolute Gasteiger partial charge is 0.305 e. The number of esters is 1. The molecule has 0 bridgehead atoms. The van der Waals surface area contributed by atoms with Gasteiger partial charge in [-0.25, -0.2) is 0 Å². The highest BCUT2D eigenvalue weighted by Gasteiger charge is 2.07. The van der Waals surface area contributed by atoms with Crippen molar-refractivity contribution in [1.82, 2.24) is 0 Å². The van der Waals surface area contributed by atoms with Crippen LogP contribution in [0.2, 0.25) is 0 Å². The van der Waals surface area contributed by atoms with E-state index >= 15 is 0 Å². The second kappa shape index (κ2) is 13.6. The van der Waals surface area contributed by atoms with E-state index in [9.17, 15) is 4.79 Å². The summed E-state index contributed by atoms with van der Waals surface area (Å²) in [5.41, 5.74) is 0. The van der Waals surface area contributed by atoms with Crippen molar-refractivity contribution in [3.8, 4) is 0 Å². The Morgan fingerprint density at radius 1 is 1.16 bits per heavy atom. The minimum atomic E-state index is -0.958. The van der Waals surface area contributed by atoms with Gasteiger partial charge in [0, 0.05) is 6.42 Å². The van der Waals surface area contributed by atoms with E-state index in [1.54, 1.807) is 0 Å². The summed E-state index contributed by atoms with van der Waals surface area (Å²) in [4.78, 5) is 11.2. The second-order valence-corrected chi connectivity index (χ2v) is 4.71. The highest BCUT2D eigenvalue weighted by molar-refractivity contribution is 5.69. The molecule has 0 aromatic heterocycles. The molecule has 0 aliphatic rings. The summed E-state index contributed by atoms with van der Waals surface area (Å²) in [6.07, 6.45) is 11.5. The molecule has 1 atom stereocenters. The summed E-state index contributed by atoms with van der Waals surface area (Å²) in [6, 6.07) is 0. The minimum Gasteiger partial charge on any atom is -0.463 e.